The van der Waals surface area contributed by atoms with Gasteiger partial charge in [0.25, 0.3) is 0 Å². The van der Waals surface area contributed by atoms with Crippen LogP contribution >= 0.6 is 11.3 Å². The Morgan fingerprint density at radius 2 is 1.79 bits per heavy atom. The summed E-state index contributed by atoms with van der Waals surface area (Å²) in [6.45, 7) is 16.8. The number of likely N-dealkylation sites (N-methyl/N-ethyl adjacent to an activating group) is 1. The van der Waals surface area contributed by atoms with Crippen LogP contribution < -0.4 is 16.0 Å². The molecule has 1 saturated carbocycles. The molecule has 1 aromatic heterocycles. The number of nitrogens with one attached hydrogen (secondary N) is 3. The minimum atomic E-state index is -0.746. The molecular formula is C33H51N5O3S. The van der Waals surface area contributed by atoms with Gasteiger partial charge in [-0.15, -0.1) is 11.3 Å². The summed E-state index contributed by atoms with van der Waals surface area (Å²) < 4.78 is 1.08. The molecule has 0 bridgehead atoms. The molecule has 0 saturated heterocycles. The zero-order valence-corrected chi connectivity index (χ0v) is 27.1. The summed E-state index contributed by atoms with van der Waals surface area (Å²) in [6, 6.07) is 5.31. The standard InChI is InChI=1S/C33H51N5O3S/c1-7-30(39)36-28(19-31-37-27-16-15-25(22(4)5)18-29(27)42-31)33(41)35-26(17-24-13-11-10-12-14-24)20-34-32(40)23(6)21-38(8-2)9-3/h15-16,18,22,24,26,28H,6-14,17,19-21H2,1-5H3,(H,34,40)(H,35,41)(H,36,39)/t26-,28-/m0/s1. The maximum absolute atomic E-state index is 13.7. The molecule has 232 valence electrons. The number of hydrogen-bond donors (Lipinski definition) is 3. The summed E-state index contributed by atoms with van der Waals surface area (Å²) >= 11 is 1.57. The Morgan fingerprint density at radius 3 is 2.43 bits per heavy atom. The highest BCUT2D eigenvalue weighted by Gasteiger charge is 2.27. The number of benzene rings is 1. The summed E-state index contributed by atoms with van der Waals surface area (Å²) in [6.07, 6.45) is 7.32. The number of thiazole rings is 1. The molecule has 0 radical (unpaired) electrons. The Balaban J connectivity index is 1.73. The topological polar surface area (TPSA) is 103 Å². The smallest absolute Gasteiger partial charge is 0.247 e. The van der Waals surface area contributed by atoms with Crippen LogP contribution in [0.25, 0.3) is 10.2 Å². The van der Waals surface area contributed by atoms with E-state index in [0.717, 1.165) is 47.6 Å². The summed E-state index contributed by atoms with van der Waals surface area (Å²) in [5.74, 6) is 0.316. The number of carbonyl (C=O) groups excluding carboxylic acids is 3. The first-order valence-corrected chi connectivity index (χ1v) is 16.6. The van der Waals surface area contributed by atoms with Gasteiger partial charge in [-0.3, -0.25) is 19.3 Å². The minimum Gasteiger partial charge on any atom is -0.350 e. The van der Waals surface area contributed by atoms with Crippen LogP contribution in [0.5, 0.6) is 0 Å². The lowest BCUT2D eigenvalue weighted by Crippen LogP contribution is -2.53. The van der Waals surface area contributed by atoms with Crippen molar-refractivity contribution in [2.24, 2.45) is 5.92 Å². The maximum atomic E-state index is 13.7. The van der Waals surface area contributed by atoms with E-state index in [4.69, 9.17) is 4.98 Å². The van der Waals surface area contributed by atoms with Crippen LogP contribution in [0.3, 0.4) is 0 Å². The SMILES string of the molecule is C=C(CN(CC)CC)C(=O)NC[C@H](CC1CCCCC1)NC(=O)[C@H](Cc1nc2ccc(C(C)C)cc2s1)NC(=O)CC. The van der Waals surface area contributed by atoms with Crippen molar-refractivity contribution in [3.05, 3.63) is 40.9 Å². The highest BCUT2D eigenvalue weighted by atomic mass is 32.1. The van der Waals surface area contributed by atoms with E-state index in [-0.39, 0.29) is 30.2 Å². The number of fused-ring (bicyclic) bond motifs is 1. The Morgan fingerprint density at radius 1 is 1.07 bits per heavy atom. The van der Waals surface area contributed by atoms with E-state index < -0.39 is 6.04 Å². The van der Waals surface area contributed by atoms with Gasteiger partial charge in [0.15, 0.2) is 0 Å². The monoisotopic (exact) mass is 597 g/mol. The Bertz CT molecular complexity index is 1200. The molecule has 1 aliphatic rings. The van der Waals surface area contributed by atoms with Crippen molar-refractivity contribution in [3.63, 3.8) is 0 Å². The molecule has 1 fully saturated rings. The average Bonchev–Trinajstić information content (AvgIpc) is 3.39. The van der Waals surface area contributed by atoms with Crippen LogP contribution in [0.1, 0.15) is 96.1 Å². The van der Waals surface area contributed by atoms with E-state index in [2.05, 4.69) is 67.3 Å². The fourth-order valence-electron chi connectivity index (χ4n) is 5.57. The van der Waals surface area contributed by atoms with Crippen LogP contribution in [0.4, 0.5) is 0 Å². The fraction of sp³-hybridized carbons (Fsp3) is 0.636. The van der Waals surface area contributed by atoms with E-state index in [0.29, 0.717) is 36.9 Å². The van der Waals surface area contributed by atoms with Gasteiger partial charge in [-0.1, -0.05) is 79.4 Å². The molecule has 0 aliphatic heterocycles. The molecule has 3 amide bonds. The van der Waals surface area contributed by atoms with Crippen LogP contribution in [0.15, 0.2) is 30.4 Å². The quantitative estimate of drug-likeness (QED) is 0.227. The minimum absolute atomic E-state index is 0.178. The molecule has 1 heterocycles. The van der Waals surface area contributed by atoms with E-state index >= 15 is 0 Å². The van der Waals surface area contributed by atoms with Gasteiger partial charge in [-0.2, -0.15) is 0 Å². The van der Waals surface area contributed by atoms with Gasteiger partial charge in [0.1, 0.15) is 6.04 Å². The van der Waals surface area contributed by atoms with Crippen molar-refractivity contribution in [2.75, 3.05) is 26.2 Å². The Labute approximate surface area is 256 Å². The second-order valence-corrected chi connectivity index (χ2v) is 13.0. The molecule has 1 aromatic carbocycles. The number of amides is 3. The van der Waals surface area contributed by atoms with E-state index in [9.17, 15) is 14.4 Å². The lowest BCUT2D eigenvalue weighted by molar-refractivity contribution is -0.129. The predicted octanol–water partition coefficient (Wildman–Crippen LogP) is 5.33. The largest absolute Gasteiger partial charge is 0.350 e. The molecule has 3 rings (SSSR count). The van der Waals surface area contributed by atoms with Gasteiger partial charge < -0.3 is 16.0 Å². The summed E-state index contributed by atoms with van der Waals surface area (Å²) in [7, 11) is 0. The second kappa shape index (κ2) is 16.8. The Hall–Kier alpha value is -2.78. The average molecular weight is 598 g/mol. The first-order valence-electron chi connectivity index (χ1n) is 15.8. The number of nitrogens with zero attached hydrogens (tertiary/aromatic N) is 2. The molecular weight excluding hydrogens is 546 g/mol. The van der Waals surface area contributed by atoms with Gasteiger partial charge >= 0.3 is 0 Å². The predicted molar refractivity (Wildman–Crippen MR) is 173 cm³/mol. The Kier molecular flexibility index (Phi) is 13.4. The van der Waals surface area contributed by atoms with Crippen LogP contribution in [0.2, 0.25) is 0 Å². The molecule has 42 heavy (non-hydrogen) atoms. The third-order valence-corrected chi connectivity index (χ3v) is 9.34. The van der Waals surface area contributed by atoms with Gasteiger partial charge in [-0.25, -0.2) is 4.98 Å². The second-order valence-electron chi connectivity index (χ2n) is 11.9. The normalized spacial score (nSPS) is 15.5. The van der Waals surface area contributed by atoms with Crippen molar-refractivity contribution in [2.45, 2.75) is 104 Å². The van der Waals surface area contributed by atoms with E-state index in [1.807, 2.05) is 6.07 Å². The number of aromatic nitrogens is 1. The summed E-state index contributed by atoms with van der Waals surface area (Å²) in [5.41, 5.74) is 2.67. The van der Waals surface area contributed by atoms with Gasteiger partial charge in [0, 0.05) is 37.5 Å². The third-order valence-electron chi connectivity index (χ3n) is 8.30. The summed E-state index contributed by atoms with van der Waals surface area (Å²) in [5, 5.41) is 9.96. The van der Waals surface area contributed by atoms with Crippen LogP contribution in [0, 0.1) is 5.92 Å². The molecule has 2 atom stereocenters. The highest BCUT2D eigenvalue weighted by Crippen LogP contribution is 2.28. The first kappa shape index (κ1) is 33.7. The highest BCUT2D eigenvalue weighted by molar-refractivity contribution is 7.18. The van der Waals surface area contributed by atoms with Crippen LogP contribution in [-0.2, 0) is 20.8 Å². The van der Waals surface area contributed by atoms with Crippen molar-refractivity contribution in [3.8, 4) is 0 Å². The third kappa shape index (κ3) is 10.2. The van der Waals surface area contributed by atoms with Crippen molar-refractivity contribution in [1.29, 1.82) is 0 Å². The number of hydrogen-bond acceptors (Lipinski definition) is 6. The zero-order chi connectivity index (χ0) is 30.6. The zero-order valence-electron chi connectivity index (χ0n) is 26.3. The summed E-state index contributed by atoms with van der Waals surface area (Å²) in [4.78, 5) is 46.0. The molecule has 1 aliphatic carbocycles. The van der Waals surface area contributed by atoms with Crippen molar-refractivity contribution < 1.29 is 14.4 Å². The fourth-order valence-corrected chi connectivity index (χ4v) is 6.63. The van der Waals surface area contributed by atoms with Crippen LogP contribution in [-0.4, -0.2) is 65.9 Å². The molecule has 3 N–H and O–H groups in total. The lowest BCUT2D eigenvalue weighted by Gasteiger charge is -2.29. The van der Waals surface area contributed by atoms with Gasteiger partial charge in [0.05, 0.1) is 15.2 Å². The lowest BCUT2D eigenvalue weighted by atomic mass is 9.84. The first-order chi connectivity index (χ1) is 20.1. The molecule has 9 heteroatoms. The maximum Gasteiger partial charge on any atom is 0.247 e. The number of carbonyl (C=O) groups is 3. The van der Waals surface area contributed by atoms with Crippen molar-refractivity contribution in [1.82, 2.24) is 25.8 Å². The molecule has 2 aromatic rings. The molecule has 0 unspecified atom stereocenters. The molecule has 8 nitrogen and oxygen atoms in total. The van der Waals surface area contributed by atoms with E-state index in [1.165, 1.54) is 24.8 Å². The van der Waals surface area contributed by atoms with Crippen molar-refractivity contribution >= 4 is 39.3 Å². The van der Waals surface area contributed by atoms with Gasteiger partial charge in [-0.05, 0) is 49.0 Å². The van der Waals surface area contributed by atoms with E-state index in [1.54, 1.807) is 18.3 Å². The van der Waals surface area contributed by atoms with Gasteiger partial charge in [0.2, 0.25) is 17.7 Å². The molecule has 0 spiro atoms. The number of rotatable bonds is 16.